The molecule has 2 unspecified atom stereocenters. The Balaban J connectivity index is 1.70. The third kappa shape index (κ3) is 4.74. The number of carbonyl (C=O) groups excluding carboxylic acids is 1. The zero-order valence-corrected chi connectivity index (χ0v) is 20.7. The summed E-state index contributed by atoms with van der Waals surface area (Å²) in [5.41, 5.74) is 6.03. The number of carbonyl (C=O) groups is 1. The molecule has 2 heterocycles. The maximum atomic E-state index is 13.4. The predicted octanol–water partition coefficient (Wildman–Crippen LogP) is 4.88. The molecule has 0 bridgehead atoms. The van der Waals surface area contributed by atoms with E-state index in [0.717, 1.165) is 39.5 Å². The second kappa shape index (κ2) is 10.0. The van der Waals surface area contributed by atoms with Crippen molar-refractivity contribution in [2.24, 2.45) is 10.9 Å². The van der Waals surface area contributed by atoms with Crippen molar-refractivity contribution < 1.29 is 14.6 Å². The number of rotatable bonds is 7. The highest BCUT2D eigenvalue weighted by Gasteiger charge is 2.31. The summed E-state index contributed by atoms with van der Waals surface area (Å²) in [6.07, 6.45) is 3.78. The first-order valence-corrected chi connectivity index (χ1v) is 11.8. The number of nitrogens with zero attached hydrogens (tertiary/aromatic N) is 2. The molecule has 0 amide bonds. The number of halogens is 1. The van der Waals surface area contributed by atoms with Crippen LogP contribution in [0.15, 0.2) is 64.4 Å². The van der Waals surface area contributed by atoms with E-state index in [4.69, 9.17) is 21.3 Å². The number of nitrogens with one attached hydrogen (secondary N) is 1. The van der Waals surface area contributed by atoms with Gasteiger partial charge in [-0.3, -0.25) is 9.79 Å². The van der Waals surface area contributed by atoms with Crippen molar-refractivity contribution in [2.75, 3.05) is 26.8 Å². The number of methoxy groups -OCH3 is 1. The highest BCUT2D eigenvalue weighted by molar-refractivity contribution is 6.29. The quantitative estimate of drug-likeness (QED) is 0.554. The van der Waals surface area contributed by atoms with Gasteiger partial charge >= 0.3 is 0 Å². The lowest BCUT2D eigenvalue weighted by Crippen LogP contribution is -2.34. The summed E-state index contributed by atoms with van der Waals surface area (Å²) in [6.45, 7) is 7.05. The van der Waals surface area contributed by atoms with Crippen LogP contribution in [0.25, 0.3) is 0 Å². The number of aliphatic hydroxyl groups is 1. The molecule has 0 spiro atoms. The number of β-amino-alcohol motifs (C(OH)–C–C–N with tert-alkyl or cyclic N) is 1. The maximum absolute atomic E-state index is 13.4. The smallest absolute Gasteiger partial charge is 0.173 e. The van der Waals surface area contributed by atoms with E-state index < -0.39 is 0 Å². The van der Waals surface area contributed by atoms with E-state index in [1.54, 1.807) is 7.11 Å². The lowest BCUT2D eigenvalue weighted by molar-refractivity contribution is 0.0960. The van der Waals surface area contributed by atoms with Crippen molar-refractivity contribution in [3.63, 3.8) is 0 Å². The highest BCUT2D eigenvalue weighted by atomic mass is 35.5. The van der Waals surface area contributed by atoms with Gasteiger partial charge in [0.15, 0.2) is 5.78 Å². The molecule has 2 aromatic carbocycles. The van der Waals surface area contributed by atoms with E-state index in [1.807, 2.05) is 61.2 Å². The Kier molecular flexibility index (Phi) is 7.10. The minimum atomic E-state index is -0.334. The molecular weight excluding hydrogens is 450 g/mol. The van der Waals surface area contributed by atoms with Crippen LogP contribution in [0.3, 0.4) is 0 Å². The van der Waals surface area contributed by atoms with Crippen LogP contribution in [-0.4, -0.2) is 48.3 Å². The van der Waals surface area contributed by atoms with Crippen molar-refractivity contribution in [3.8, 4) is 5.75 Å². The van der Waals surface area contributed by atoms with Crippen LogP contribution in [0.1, 0.15) is 46.9 Å². The standard InChI is InChI=1S/C27H30ClN3O3/c1-16-13-22(18(3)29-20-7-10-24(28)31(15-20)11-12-32)26-23(14-16)27(33)17(2)25(30-26)19-5-8-21(34-4)9-6-19/h5-10,13-14,17-18,29,32H,11-12,15H2,1-4H3. The summed E-state index contributed by atoms with van der Waals surface area (Å²) in [5, 5.41) is 13.5. The summed E-state index contributed by atoms with van der Waals surface area (Å²) < 4.78 is 5.28. The van der Waals surface area contributed by atoms with Gasteiger partial charge < -0.3 is 20.1 Å². The van der Waals surface area contributed by atoms with Crippen molar-refractivity contribution in [1.82, 2.24) is 10.2 Å². The first-order chi connectivity index (χ1) is 16.3. The van der Waals surface area contributed by atoms with Gasteiger partial charge in [-0.25, -0.2) is 0 Å². The first-order valence-electron chi connectivity index (χ1n) is 11.4. The normalized spacial score (nSPS) is 18.5. The molecule has 0 saturated heterocycles. The molecule has 0 fully saturated rings. The SMILES string of the molecule is COc1ccc(C2=Nc3c(cc(C)cc3C(C)NC3=CC=C(Cl)N(CCO)C3)C(=O)C2C)cc1. The van der Waals surface area contributed by atoms with E-state index in [0.29, 0.717) is 23.8 Å². The molecule has 2 aromatic rings. The molecule has 2 aliphatic heterocycles. The molecule has 0 saturated carbocycles. The van der Waals surface area contributed by atoms with Crippen LogP contribution in [0.2, 0.25) is 0 Å². The molecule has 0 radical (unpaired) electrons. The van der Waals surface area contributed by atoms with Crippen molar-refractivity contribution in [1.29, 1.82) is 0 Å². The van der Waals surface area contributed by atoms with Gasteiger partial charge in [0.1, 0.15) is 10.9 Å². The third-order valence-electron chi connectivity index (χ3n) is 6.29. The van der Waals surface area contributed by atoms with Gasteiger partial charge in [0.25, 0.3) is 0 Å². The number of allylic oxidation sites excluding steroid dienone is 2. The summed E-state index contributed by atoms with van der Waals surface area (Å²) in [7, 11) is 1.63. The number of hydrogen-bond donors (Lipinski definition) is 2. The summed E-state index contributed by atoms with van der Waals surface area (Å²) in [5.74, 6) is 0.506. The number of ketones is 1. The monoisotopic (exact) mass is 479 g/mol. The molecule has 0 aliphatic carbocycles. The molecule has 7 heteroatoms. The van der Waals surface area contributed by atoms with E-state index in [1.165, 1.54) is 0 Å². The van der Waals surface area contributed by atoms with Crippen LogP contribution in [0.4, 0.5) is 5.69 Å². The largest absolute Gasteiger partial charge is 0.497 e. The minimum Gasteiger partial charge on any atom is -0.497 e. The van der Waals surface area contributed by atoms with Gasteiger partial charge in [-0.1, -0.05) is 17.7 Å². The number of aryl methyl sites for hydroxylation is 1. The Morgan fingerprint density at radius 2 is 2.00 bits per heavy atom. The number of hydrogen-bond acceptors (Lipinski definition) is 6. The number of aliphatic imine (C=N–C) groups is 1. The van der Waals surface area contributed by atoms with E-state index in [-0.39, 0.29) is 24.3 Å². The molecular formula is C27H30ClN3O3. The van der Waals surface area contributed by atoms with Crippen molar-refractivity contribution >= 4 is 28.8 Å². The van der Waals surface area contributed by atoms with Crippen LogP contribution in [-0.2, 0) is 0 Å². The zero-order valence-electron chi connectivity index (χ0n) is 19.9. The van der Waals surface area contributed by atoms with Crippen LogP contribution < -0.4 is 10.1 Å². The Labute approximate surface area is 205 Å². The molecule has 178 valence electrons. The molecule has 2 N–H and O–H groups in total. The number of benzene rings is 2. The summed E-state index contributed by atoms with van der Waals surface area (Å²) in [4.78, 5) is 20.3. The number of ether oxygens (including phenoxy) is 1. The second-order valence-electron chi connectivity index (χ2n) is 8.75. The Hall–Kier alpha value is -3.09. The molecule has 2 atom stereocenters. The van der Waals surface area contributed by atoms with E-state index in [2.05, 4.69) is 18.3 Å². The second-order valence-corrected chi connectivity index (χ2v) is 9.14. The Morgan fingerprint density at radius 3 is 2.68 bits per heavy atom. The molecule has 4 rings (SSSR count). The molecule has 0 aromatic heterocycles. The zero-order chi connectivity index (χ0) is 24.4. The van der Waals surface area contributed by atoms with Crippen molar-refractivity contribution in [3.05, 3.63) is 81.7 Å². The third-order valence-corrected chi connectivity index (χ3v) is 6.66. The van der Waals surface area contributed by atoms with Crippen LogP contribution >= 0.6 is 11.6 Å². The average Bonchev–Trinajstić information content (AvgIpc) is 2.83. The van der Waals surface area contributed by atoms with Crippen molar-refractivity contribution in [2.45, 2.75) is 26.8 Å². The minimum absolute atomic E-state index is 0.0292. The number of fused-ring (bicyclic) bond motifs is 1. The van der Waals surface area contributed by atoms with E-state index >= 15 is 0 Å². The lowest BCUT2D eigenvalue weighted by Gasteiger charge is -2.30. The average molecular weight is 480 g/mol. The fraction of sp³-hybridized carbons (Fsp3) is 0.333. The lowest BCUT2D eigenvalue weighted by atomic mass is 9.84. The summed E-state index contributed by atoms with van der Waals surface area (Å²) >= 11 is 6.26. The molecule has 6 nitrogen and oxygen atoms in total. The highest BCUT2D eigenvalue weighted by Crippen LogP contribution is 2.38. The number of aliphatic hydroxyl groups excluding tert-OH is 1. The molecule has 34 heavy (non-hydrogen) atoms. The maximum Gasteiger partial charge on any atom is 0.173 e. The van der Waals surface area contributed by atoms with Gasteiger partial charge in [-0.05, 0) is 74.4 Å². The van der Waals surface area contributed by atoms with Gasteiger partial charge in [-0.15, -0.1) is 0 Å². The fourth-order valence-corrected chi connectivity index (χ4v) is 4.67. The van der Waals surface area contributed by atoms with Crippen LogP contribution in [0, 0.1) is 12.8 Å². The topological polar surface area (TPSA) is 74.2 Å². The first kappa shape index (κ1) is 24.0. The molecule has 2 aliphatic rings. The van der Waals surface area contributed by atoms with Crippen LogP contribution in [0.5, 0.6) is 5.75 Å². The van der Waals surface area contributed by atoms with E-state index in [9.17, 15) is 9.90 Å². The Bertz CT molecular complexity index is 1180. The van der Waals surface area contributed by atoms with Gasteiger partial charge in [0, 0.05) is 23.4 Å². The van der Waals surface area contributed by atoms with Gasteiger partial charge in [0.05, 0.1) is 43.6 Å². The predicted molar refractivity (Wildman–Crippen MR) is 136 cm³/mol. The fourth-order valence-electron chi connectivity index (χ4n) is 4.47. The van der Waals surface area contributed by atoms with Gasteiger partial charge in [0.2, 0.25) is 0 Å². The summed E-state index contributed by atoms with van der Waals surface area (Å²) in [6, 6.07) is 11.6. The number of Topliss-reactive ketones (excluding diaryl/α,β-unsaturated/α-hetero) is 1. The Morgan fingerprint density at radius 1 is 1.26 bits per heavy atom. The van der Waals surface area contributed by atoms with Gasteiger partial charge in [-0.2, -0.15) is 0 Å².